The molecule has 19 heavy (non-hydrogen) atoms. The highest BCUT2D eigenvalue weighted by Gasteiger charge is 2.06. The maximum absolute atomic E-state index is 9.37. The van der Waals surface area contributed by atoms with Gasteiger partial charge in [0, 0.05) is 29.1 Å². The normalized spacial score (nSPS) is 9.95. The Labute approximate surface area is 110 Å². The molecule has 98 valence electrons. The Morgan fingerprint density at radius 3 is 2.63 bits per heavy atom. The molecule has 0 aliphatic carbocycles. The summed E-state index contributed by atoms with van der Waals surface area (Å²) >= 11 is 0. The lowest BCUT2D eigenvalue weighted by Crippen LogP contribution is -1.86. The van der Waals surface area contributed by atoms with Crippen molar-refractivity contribution in [3.05, 3.63) is 48.9 Å². The van der Waals surface area contributed by atoms with Gasteiger partial charge < -0.3 is 14.5 Å². The van der Waals surface area contributed by atoms with Crippen LogP contribution in [0, 0.1) is 0 Å². The number of hydrogen-bond acceptors (Lipinski definition) is 2. The van der Waals surface area contributed by atoms with Crippen LogP contribution in [-0.2, 0) is 4.79 Å². The molecule has 0 aliphatic heterocycles. The first-order valence-corrected chi connectivity index (χ1v) is 6.04. The second-order valence-corrected chi connectivity index (χ2v) is 3.97. The van der Waals surface area contributed by atoms with Gasteiger partial charge in [0.1, 0.15) is 5.76 Å². The van der Waals surface area contributed by atoms with Crippen molar-refractivity contribution in [2.75, 3.05) is 0 Å². The van der Waals surface area contributed by atoms with Gasteiger partial charge in [-0.15, -0.1) is 0 Å². The number of carboxylic acids is 1. The molecule has 0 fully saturated rings. The van der Waals surface area contributed by atoms with Crippen LogP contribution < -0.4 is 0 Å². The first kappa shape index (κ1) is 13.0. The maximum atomic E-state index is 9.37. The Morgan fingerprint density at radius 1 is 1.26 bits per heavy atom. The highest BCUT2D eigenvalue weighted by molar-refractivity contribution is 5.94. The second-order valence-electron chi connectivity index (χ2n) is 3.97. The third-order valence-corrected chi connectivity index (χ3v) is 2.68. The molecule has 3 rings (SSSR count). The summed E-state index contributed by atoms with van der Waals surface area (Å²) in [7, 11) is 0. The van der Waals surface area contributed by atoms with E-state index in [9.17, 15) is 4.79 Å². The lowest BCUT2D eigenvalue weighted by atomic mass is 10.1. The van der Waals surface area contributed by atoms with Gasteiger partial charge in [-0.2, -0.15) is 0 Å². The van der Waals surface area contributed by atoms with Crippen molar-refractivity contribution in [3.8, 4) is 11.3 Å². The van der Waals surface area contributed by atoms with E-state index in [-0.39, 0.29) is 6.42 Å². The molecule has 0 unspecified atom stereocenters. The minimum atomic E-state index is -0.745. The molecule has 0 amide bonds. The van der Waals surface area contributed by atoms with E-state index >= 15 is 0 Å². The van der Waals surface area contributed by atoms with E-state index in [2.05, 4.69) is 17.1 Å². The van der Waals surface area contributed by atoms with Gasteiger partial charge in [0.2, 0.25) is 0 Å². The van der Waals surface area contributed by atoms with Crippen LogP contribution in [0.15, 0.2) is 53.3 Å². The van der Waals surface area contributed by atoms with E-state index in [4.69, 9.17) is 9.52 Å². The lowest BCUT2D eigenvalue weighted by Gasteiger charge is -1.92. The molecule has 0 saturated carbocycles. The number of nitrogens with one attached hydrogen (secondary N) is 1. The molecule has 0 aliphatic rings. The zero-order chi connectivity index (χ0) is 13.7. The minimum absolute atomic E-state index is 0.222. The predicted molar refractivity (Wildman–Crippen MR) is 73.9 cm³/mol. The van der Waals surface area contributed by atoms with Crippen molar-refractivity contribution < 1.29 is 14.3 Å². The summed E-state index contributed by atoms with van der Waals surface area (Å²) in [5.41, 5.74) is 2.25. The van der Waals surface area contributed by atoms with Crippen molar-refractivity contribution in [2.24, 2.45) is 0 Å². The zero-order valence-electron chi connectivity index (χ0n) is 10.6. The predicted octanol–water partition coefficient (Wildman–Crippen LogP) is 3.91. The summed E-state index contributed by atoms with van der Waals surface area (Å²) in [5.74, 6) is 0.160. The number of para-hydroxylation sites is 1. The number of carboxylic acid groups (broad SMARTS) is 1. The van der Waals surface area contributed by atoms with Crippen molar-refractivity contribution in [1.82, 2.24) is 4.98 Å². The third-order valence-electron chi connectivity index (χ3n) is 2.68. The molecule has 0 bridgehead atoms. The van der Waals surface area contributed by atoms with Crippen molar-refractivity contribution in [3.63, 3.8) is 0 Å². The van der Waals surface area contributed by atoms with Crippen LogP contribution in [-0.4, -0.2) is 16.1 Å². The van der Waals surface area contributed by atoms with Crippen LogP contribution in [0.5, 0.6) is 0 Å². The Balaban J connectivity index is 0.000000232. The number of aliphatic carboxylic acids is 1. The number of aromatic nitrogens is 1. The topological polar surface area (TPSA) is 66.2 Å². The van der Waals surface area contributed by atoms with E-state index in [0.717, 1.165) is 16.8 Å². The average Bonchev–Trinajstić information content (AvgIpc) is 3.07. The highest BCUT2D eigenvalue weighted by Crippen LogP contribution is 2.28. The number of benzene rings is 1. The zero-order valence-corrected chi connectivity index (χ0v) is 10.6. The summed E-state index contributed by atoms with van der Waals surface area (Å²) in [5, 5.41) is 8.92. The van der Waals surface area contributed by atoms with Gasteiger partial charge >= 0.3 is 5.97 Å². The molecule has 4 heteroatoms. The molecule has 2 N–H and O–H groups in total. The van der Waals surface area contributed by atoms with Gasteiger partial charge in [-0.3, -0.25) is 4.79 Å². The van der Waals surface area contributed by atoms with E-state index < -0.39 is 5.97 Å². The first-order chi connectivity index (χ1) is 9.22. The Kier molecular flexibility index (Phi) is 4.03. The summed E-state index contributed by atoms with van der Waals surface area (Å²) in [6.07, 6.45) is 3.89. The largest absolute Gasteiger partial charge is 0.481 e. The molecular formula is C15H15NO3. The number of rotatable bonds is 2. The van der Waals surface area contributed by atoms with Gasteiger partial charge in [0.25, 0.3) is 0 Å². The van der Waals surface area contributed by atoms with Gasteiger partial charge in [-0.1, -0.05) is 25.1 Å². The molecule has 0 saturated heterocycles. The van der Waals surface area contributed by atoms with Gasteiger partial charge in [-0.25, -0.2) is 0 Å². The molecule has 1 aromatic carbocycles. The maximum Gasteiger partial charge on any atom is 0.303 e. The summed E-state index contributed by atoms with van der Waals surface area (Å²) in [4.78, 5) is 12.6. The summed E-state index contributed by atoms with van der Waals surface area (Å²) in [6, 6.07) is 12.1. The number of H-pyrrole nitrogens is 1. The third kappa shape index (κ3) is 3.04. The van der Waals surface area contributed by atoms with Crippen LogP contribution in [0.3, 0.4) is 0 Å². The lowest BCUT2D eigenvalue weighted by molar-refractivity contribution is -0.136. The molecule has 2 aromatic heterocycles. The number of fused-ring (bicyclic) bond motifs is 1. The monoisotopic (exact) mass is 257 g/mol. The molecule has 0 spiro atoms. The minimum Gasteiger partial charge on any atom is -0.481 e. The average molecular weight is 257 g/mol. The van der Waals surface area contributed by atoms with Crippen LogP contribution >= 0.6 is 0 Å². The molecule has 2 heterocycles. The van der Waals surface area contributed by atoms with Crippen molar-refractivity contribution in [1.29, 1.82) is 0 Å². The fourth-order valence-electron chi connectivity index (χ4n) is 1.71. The van der Waals surface area contributed by atoms with Crippen LogP contribution in [0.25, 0.3) is 22.2 Å². The molecule has 4 nitrogen and oxygen atoms in total. The molecule has 0 radical (unpaired) electrons. The smallest absolute Gasteiger partial charge is 0.303 e. The van der Waals surface area contributed by atoms with Crippen LogP contribution in [0.4, 0.5) is 0 Å². The Bertz CT molecular complexity index is 653. The number of hydrogen-bond donors (Lipinski definition) is 2. The van der Waals surface area contributed by atoms with Gasteiger partial charge in [0.15, 0.2) is 0 Å². The second kappa shape index (κ2) is 5.91. The Morgan fingerprint density at radius 2 is 2.00 bits per heavy atom. The molecular weight excluding hydrogens is 242 g/mol. The SMILES string of the molecule is CCC(=O)O.c1coc(-c2c[nH]c3ccccc23)c1. The molecule has 3 aromatic rings. The van der Waals surface area contributed by atoms with Crippen molar-refractivity contribution in [2.45, 2.75) is 13.3 Å². The highest BCUT2D eigenvalue weighted by atomic mass is 16.4. The van der Waals surface area contributed by atoms with E-state index in [1.165, 1.54) is 5.39 Å². The van der Waals surface area contributed by atoms with Gasteiger partial charge in [-0.05, 0) is 18.2 Å². The van der Waals surface area contributed by atoms with E-state index in [1.54, 1.807) is 13.2 Å². The van der Waals surface area contributed by atoms with Crippen LogP contribution in [0.1, 0.15) is 13.3 Å². The summed E-state index contributed by atoms with van der Waals surface area (Å²) < 4.78 is 5.37. The standard InChI is InChI=1S/C12H9NO.C3H6O2/c1-2-5-11-9(4-1)10(8-13-11)12-6-3-7-14-12;1-2-3(4)5/h1-8,13H;2H2,1H3,(H,4,5). The molecule has 0 atom stereocenters. The quantitative estimate of drug-likeness (QED) is 0.731. The van der Waals surface area contributed by atoms with Crippen molar-refractivity contribution >= 4 is 16.9 Å². The number of carbonyl (C=O) groups is 1. The first-order valence-electron chi connectivity index (χ1n) is 6.04. The number of furan rings is 1. The van der Waals surface area contributed by atoms with E-state index in [1.807, 2.05) is 30.5 Å². The summed E-state index contributed by atoms with van der Waals surface area (Å²) in [6.45, 7) is 1.60. The Hall–Kier alpha value is -2.49. The van der Waals surface area contributed by atoms with E-state index in [0.29, 0.717) is 0 Å². The fraction of sp³-hybridized carbons (Fsp3) is 0.133. The van der Waals surface area contributed by atoms with Gasteiger partial charge in [0.05, 0.1) is 6.26 Å². The number of aromatic amines is 1. The van der Waals surface area contributed by atoms with Crippen LogP contribution in [0.2, 0.25) is 0 Å². The fourth-order valence-corrected chi connectivity index (χ4v) is 1.71.